The van der Waals surface area contributed by atoms with Crippen LogP contribution in [0.5, 0.6) is 11.5 Å². The molecule has 0 radical (unpaired) electrons. The lowest BCUT2D eigenvalue weighted by Gasteiger charge is -2.03. The van der Waals surface area contributed by atoms with Crippen molar-refractivity contribution in [2.24, 2.45) is 0 Å². The second-order valence-electron chi connectivity index (χ2n) is 5.30. The SMILES string of the molecule is COc1ccc(C(=O)C=Cc2cc(-c3ccc(Cl)cc3)n[nH]2)cc1O. The molecule has 3 rings (SSSR count). The number of nitrogens with one attached hydrogen (secondary N) is 1. The van der Waals surface area contributed by atoms with Gasteiger partial charge < -0.3 is 9.84 Å². The smallest absolute Gasteiger partial charge is 0.186 e. The molecule has 0 atom stereocenters. The number of phenolic OH excluding ortho intramolecular Hbond substituents is 1. The fourth-order valence-corrected chi connectivity index (χ4v) is 2.42. The summed E-state index contributed by atoms with van der Waals surface area (Å²) in [6, 6.07) is 13.7. The number of nitrogens with zero attached hydrogens (tertiary/aromatic N) is 1. The number of hydrogen-bond acceptors (Lipinski definition) is 4. The lowest BCUT2D eigenvalue weighted by atomic mass is 10.1. The summed E-state index contributed by atoms with van der Waals surface area (Å²) in [4.78, 5) is 12.2. The average Bonchev–Trinajstić information content (AvgIpc) is 3.09. The molecule has 126 valence electrons. The number of aromatic amines is 1. The molecule has 1 heterocycles. The van der Waals surface area contributed by atoms with Crippen molar-refractivity contribution >= 4 is 23.5 Å². The second kappa shape index (κ2) is 7.23. The van der Waals surface area contributed by atoms with E-state index in [1.165, 1.54) is 19.3 Å². The largest absolute Gasteiger partial charge is 0.504 e. The van der Waals surface area contributed by atoms with Crippen LogP contribution in [0.15, 0.2) is 54.6 Å². The topological polar surface area (TPSA) is 75.2 Å². The number of halogens is 1. The first-order chi connectivity index (χ1) is 12.1. The molecule has 5 nitrogen and oxygen atoms in total. The highest BCUT2D eigenvalue weighted by Gasteiger charge is 2.08. The van der Waals surface area contributed by atoms with Crippen LogP contribution < -0.4 is 4.74 Å². The maximum atomic E-state index is 12.2. The van der Waals surface area contributed by atoms with Gasteiger partial charge in [0.2, 0.25) is 0 Å². The maximum absolute atomic E-state index is 12.2. The van der Waals surface area contributed by atoms with Crippen LogP contribution in [-0.4, -0.2) is 28.2 Å². The molecule has 0 saturated carbocycles. The highest BCUT2D eigenvalue weighted by Crippen LogP contribution is 2.26. The van der Waals surface area contributed by atoms with Gasteiger partial charge in [0.25, 0.3) is 0 Å². The van der Waals surface area contributed by atoms with Gasteiger partial charge in [-0.15, -0.1) is 0 Å². The quantitative estimate of drug-likeness (QED) is 0.528. The Bertz CT molecular complexity index is 930. The van der Waals surface area contributed by atoms with Crippen LogP contribution in [0.3, 0.4) is 0 Å². The van der Waals surface area contributed by atoms with E-state index in [-0.39, 0.29) is 11.5 Å². The molecular formula is C19H15ClN2O3. The van der Waals surface area contributed by atoms with Crippen molar-refractivity contribution < 1.29 is 14.6 Å². The van der Waals surface area contributed by atoms with Gasteiger partial charge in [0.05, 0.1) is 18.5 Å². The highest BCUT2D eigenvalue weighted by atomic mass is 35.5. The van der Waals surface area contributed by atoms with Gasteiger partial charge in [-0.2, -0.15) is 5.10 Å². The number of ketones is 1. The third kappa shape index (κ3) is 3.89. The Hall–Kier alpha value is -3.05. The van der Waals surface area contributed by atoms with E-state index in [2.05, 4.69) is 10.2 Å². The number of hydrogen-bond donors (Lipinski definition) is 2. The average molecular weight is 355 g/mol. The summed E-state index contributed by atoms with van der Waals surface area (Å²) in [6.07, 6.45) is 3.05. The van der Waals surface area contributed by atoms with Crippen LogP contribution in [0, 0.1) is 0 Å². The molecule has 0 bridgehead atoms. The van der Waals surface area contributed by atoms with Crippen molar-refractivity contribution in [3.05, 3.63) is 70.9 Å². The number of ether oxygens (including phenoxy) is 1. The van der Waals surface area contributed by atoms with Crippen molar-refractivity contribution in [2.45, 2.75) is 0 Å². The minimum Gasteiger partial charge on any atom is -0.504 e. The minimum atomic E-state index is -0.236. The predicted octanol–water partition coefficient (Wildman–Crippen LogP) is 4.34. The fraction of sp³-hybridized carbons (Fsp3) is 0.0526. The van der Waals surface area contributed by atoms with Crippen LogP contribution in [0.25, 0.3) is 17.3 Å². The summed E-state index contributed by atoms with van der Waals surface area (Å²) in [5.41, 5.74) is 2.74. The highest BCUT2D eigenvalue weighted by molar-refractivity contribution is 6.30. The monoisotopic (exact) mass is 354 g/mol. The summed E-state index contributed by atoms with van der Waals surface area (Å²) in [5.74, 6) is 0.00983. The van der Waals surface area contributed by atoms with Gasteiger partial charge in [-0.3, -0.25) is 9.89 Å². The fourth-order valence-electron chi connectivity index (χ4n) is 2.30. The van der Waals surface area contributed by atoms with Crippen LogP contribution in [0.1, 0.15) is 16.1 Å². The van der Waals surface area contributed by atoms with Crippen molar-refractivity contribution in [2.75, 3.05) is 7.11 Å². The molecule has 0 aliphatic rings. The molecule has 3 aromatic rings. The first-order valence-corrected chi connectivity index (χ1v) is 7.85. The number of allylic oxidation sites excluding steroid dienone is 1. The number of aromatic nitrogens is 2. The van der Waals surface area contributed by atoms with E-state index in [4.69, 9.17) is 16.3 Å². The zero-order valence-corrected chi connectivity index (χ0v) is 14.1. The number of H-pyrrole nitrogens is 1. The Morgan fingerprint density at radius 2 is 1.96 bits per heavy atom. The first kappa shape index (κ1) is 16.8. The molecule has 0 spiro atoms. The normalized spacial score (nSPS) is 11.0. The number of methoxy groups -OCH3 is 1. The molecule has 0 fully saturated rings. The van der Waals surface area contributed by atoms with Crippen molar-refractivity contribution in [1.82, 2.24) is 10.2 Å². The summed E-state index contributed by atoms with van der Waals surface area (Å²) in [7, 11) is 1.45. The lowest BCUT2D eigenvalue weighted by Crippen LogP contribution is -1.94. The molecule has 0 amide bonds. The zero-order chi connectivity index (χ0) is 17.8. The van der Waals surface area contributed by atoms with E-state index < -0.39 is 0 Å². The van der Waals surface area contributed by atoms with Crippen molar-refractivity contribution in [3.63, 3.8) is 0 Å². The molecule has 6 heteroatoms. The Balaban J connectivity index is 1.75. The van der Waals surface area contributed by atoms with Crippen LogP contribution in [0.2, 0.25) is 5.02 Å². The number of carbonyl (C=O) groups excluding carboxylic acids is 1. The molecule has 0 saturated heterocycles. The van der Waals surface area contributed by atoms with E-state index in [0.717, 1.165) is 11.3 Å². The summed E-state index contributed by atoms with van der Waals surface area (Å²) >= 11 is 5.87. The van der Waals surface area contributed by atoms with Crippen molar-refractivity contribution in [1.29, 1.82) is 0 Å². The molecule has 0 aliphatic carbocycles. The molecule has 25 heavy (non-hydrogen) atoms. The number of rotatable bonds is 5. The van der Waals surface area contributed by atoms with Gasteiger partial charge in [0.1, 0.15) is 0 Å². The summed E-state index contributed by atoms with van der Waals surface area (Å²) < 4.78 is 4.96. The maximum Gasteiger partial charge on any atom is 0.186 e. The predicted molar refractivity (Wildman–Crippen MR) is 97.1 cm³/mol. The van der Waals surface area contributed by atoms with Gasteiger partial charge in [-0.05, 0) is 48.6 Å². The Kier molecular flexibility index (Phi) is 4.86. The van der Waals surface area contributed by atoms with Gasteiger partial charge >= 0.3 is 0 Å². The van der Waals surface area contributed by atoms with Crippen LogP contribution >= 0.6 is 11.6 Å². The third-order valence-corrected chi connectivity index (χ3v) is 3.87. The molecule has 0 aliphatic heterocycles. The van der Waals surface area contributed by atoms with Gasteiger partial charge in [0, 0.05) is 16.1 Å². The number of aromatic hydroxyl groups is 1. The zero-order valence-electron chi connectivity index (χ0n) is 13.4. The number of benzene rings is 2. The standard InChI is InChI=1S/C19H15ClN2O3/c1-25-19-9-4-13(10-18(19)24)17(23)8-7-15-11-16(22-21-15)12-2-5-14(20)6-3-12/h2-11,24H,1H3,(H,21,22). The van der Waals surface area contributed by atoms with Crippen LogP contribution in [-0.2, 0) is 0 Å². The molecule has 2 N–H and O–H groups in total. The van der Waals surface area contributed by atoms with Gasteiger partial charge in [-0.25, -0.2) is 0 Å². The van der Waals surface area contributed by atoms with E-state index >= 15 is 0 Å². The number of carbonyl (C=O) groups is 1. The van der Waals surface area contributed by atoms with Crippen molar-refractivity contribution in [3.8, 4) is 22.8 Å². The number of phenols is 1. The second-order valence-corrected chi connectivity index (χ2v) is 5.74. The summed E-state index contributed by atoms with van der Waals surface area (Å²) in [6.45, 7) is 0. The Morgan fingerprint density at radius 3 is 2.64 bits per heavy atom. The molecule has 0 unspecified atom stereocenters. The lowest BCUT2D eigenvalue weighted by molar-refractivity contribution is 0.104. The molecule has 1 aromatic heterocycles. The molecular weight excluding hydrogens is 340 g/mol. The van der Waals surface area contributed by atoms with E-state index in [1.807, 2.05) is 18.2 Å². The van der Waals surface area contributed by atoms with Crippen LogP contribution in [0.4, 0.5) is 0 Å². The minimum absolute atomic E-state index is 0.0756. The van der Waals surface area contributed by atoms with E-state index in [1.54, 1.807) is 30.3 Å². The Labute approximate surface area is 149 Å². The Morgan fingerprint density at radius 1 is 1.20 bits per heavy atom. The first-order valence-electron chi connectivity index (χ1n) is 7.47. The van der Waals surface area contributed by atoms with Gasteiger partial charge in [0.15, 0.2) is 17.3 Å². The van der Waals surface area contributed by atoms with E-state index in [9.17, 15) is 9.90 Å². The third-order valence-electron chi connectivity index (χ3n) is 3.62. The summed E-state index contributed by atoms with van der Waals surface area (Å²) in [5, 5.41) is 17.5. The van der Waals surface area contributed by atoms with Gasteiger partial charge in [-0.1, -0.05) is 23.7 Å². The molecule has 2 aromatic carbocycles. The van der Waals surface area contributed by atoms with E-state index in [0.29, 0.717) is 22.0 Å².